The number of methoxy groups -OCH3 is 1. The van der Waals surface area contributed by atoms with Crippen LogP contribution >= 0.6 is 0 Å². The van der Waals surface area contributed by atoms with Gasteiger partial charge in [-0.25, -0.2) is 12.7 Å². The number of hydrogen-bond acceptors (Lipinski definition) is 4. The molecule has 0 saturated heterocycles. The summed E-state index contributed by atoms with van der Waals surface area (Å²) in [5.74, 6) is 0.462. The van der Waals surface area contributed by atoms with E-state index in [4.69, 9.17) is 4.74 Å². The number of ketones is 1. The standard InChI is InChI=1S/C18H19NO4S/c1-19(2)24(21,22)16-11-8-14(9-12-16)17(20)13-10-15-6-4-5-7-18(15)23-3/h4-13H,1-3H3/b13-10+. The molecule has 0 spiro atoms. The topological polar surface area (TPSA) is 63.7 Å². The highest BCUT2D eigenvalue weighted by molar-refractivity contribution is 7.89. The normalized spacial score (nSPS) is 11.8. The Labute approximate surface area is 142 Å². The Morgan fingerprint density at radius 1 is 1.04 bits per heavy atom. The van der Waals surface area contributed by atoms with Crippen LogP contribution < -0.4 is 4.74 Å². The zero-order valence-corrected chi connectivity index (χ0v) is 14.6. The lowest BCUT2D eigenvalue weighted by Crippen LogP contribution is -2.22. The first-order valence-electron chi connectivity index (χ1n) is 7.24. The molecule has 0 heterocycles. The van der Waals surface area contributed by atoms with Gasteiger partial charge in [0.25, 0.3) is 0 Å². The molecule has 0 aliphatic rings. The zero-order valence-electron chi connectivity index (χ0n) is 13.8. The van der Waals surface area contributed by atoms with Gasteiger partial charge in [-0.1, -0.05) is 18.2 Å². The van der Waals surface area contributed by atoms with Crippen molar-refractivity contribution < 1.29 is 17.9 Å². The van der Waals surface area contributed by atoms with Crippen LogP contribution in [0.5, 0.6) is 5.75 Å². The Hall–Kier alpha value is -2.44. The average Bonchev–Trinajstić information content (AvgIpc) is 2.59. The summed E-state index contributed by atoms with van der Waals surface area (Å²) >= 11 is 0. The van der Waals surface area contributed by atoms with E-state index in [-0.39, 0.29) is 10.7 Å². The highest BCUT2D eigenvalue weighted by atomic mass is 32.2. The molecule has 0 aliphatic heterocycles. The van der Waals surface area contributed by atoms with E-state index in [1.165, 1.54) is 44.4 Å². The van der Waals surface area contributed by atoms with E-state index in [2.05, 4.69) is 0 Å². The molecule has 24 heavy (non-hydrogen) atoms. The van der Waals surface area contributed by atoms with Crippen molar-refractivity contribution >= 4 is 21.9 Å². The summed E-state index contributed by atoms with van der Waals surface area (Å²) < 4.78 is 30.4. The van der Waals surface area contributed by atoms with Crippen LogP contribution in [-0.4, -0.2) is 39.7 Å². The molecule has 0 amide bonds. The van der Waals surface area contributed by atoms with Crippen LogP contribution in [0.4, 0.5) is 0 Å². The lowest BCUT2D eigenvalue weighted by molar-refractivity contribution is 0.104. The summed E-state index contributed by atoms with van der Waals surface area (Å²) in [5.41, 5.74) is 1.21. The van der Waals surface area contributed by atoms with Gasteiger partial charge in [0, 0.05) is 25.2 Å². The number of carbonyl (C=O) groups excluding carboxylic acids is 1. The molecule has 0 aliphatic carbocycles. The van der Waals surface area contributed by atoms with Crippen LogP contribution in [0.2, 0.25) is 0 Å². The van der Waals surface area contributed by atoms with Gasteiger partial charge in [0.1, 0.15) is 5.75 Å². The summed E-state index contributed by atoms with van der Waals surface area (Å²) in [6.07, 6.45) is 3.11. The minimum Gasteiger partial charge on any atom is -0.496 e. The Balaban J connectivity index is 2.21. The third-order valence-corrected chi connectivity index (χ3v) is 5.30. The van der Waals surface area contributed by atoms with Crippen molar-refractivity contribution in [2.75, 3.05) is 21.2 Å². The van der Waals surface area contributed by atoms with E-state index >= 15 is 0 Å². The molecule has 0 radical (unpaired) electrons. The van der Waals surface area contributed by atoms with E-state index in [1.54, 1.807) is 13.2 Å². The van der Waals surface area contributed by atoms with Crippen molar-refractivity contribution in [3.05, 3.63) is 65.7 Å². The van der Waals surface area contributed by atoms with Gasteiger partial charge in [-0.2, -0.15) is 0 Å². The van der Waals surface area contributed by atoms with Crippen LogP contribution in [0, 0.1) is 0 Å². The van der Waals surface area contributed by atoms with E-state index in [0.29, 0.717) is 11.3 Å². The largest absolute Gasteiger partial charge is 0.496 e. The maximum absolute atomic E-state index is 12.2. The molecular formula is C18H19NO4S. The second-order valence-corrected chi connectivity index (χ2v) is 7.40. The van der Waals surface area contributed by atoms with Gasteiger partial charge in [-0.3, -0.25) is 4.79 Å². The average molecular weight is 345 g/mol. The minimum atomic E-state index is -3.50. The SMILES string of the molecule is COc1ccccc1/C=C/C(=O)c1ccc(S(=O)(=O)N(C)C)cc1. The monoisotopic (exact) mass is 345 g/mol. The quantitative estimate of drug-likeness (QED) is 0.596. The van der Waals surface area contributed by atoms with E-state index < -0.39 is 10.0 Å². The molecule has 0 bridgehead atoms. The molecule has 0 N–H and O–H groups in total. The number of rotatable bonds is 6. The molecular weight excluding hydrogens is 326 g/mol. The van der Waals surface area contributed by atoms with Gasteiger partial charge in [-0.15, -0.1) is 0 Å². The molecule has 0 fully saturated rings. The third kappa shape index (κ3) is 3.90. The summed E-state index contributed by atoms with van der Waals surface area (Å²) in [6, 6.07) is 13.2. The van der Waals surface area contributed by atoms with Gasteiger partial charge in [0.05, 0.1) is 12.0 Å². The van der Waals surface area contributed by atoms with Gasteiger partial charge >= 0.3 is 0 Å². The van der Waals surface area contributed by atoms with E-state index in [9.17, 15) is 13.2 Å². The van der Waals surface area contributed by atoms with E-state index in [1.807, 2.05) is 24.3 Å². The molecule has 0 aromatic heterocycles. The molecule has 5 nitrogen and oxygen atoms in total. The van der Waals surface area contributed by atoms with Crippen molar-refractivity contribution in [3.8, 4) is 5.75 Å². The Kier molecular flexibility index (Phi) is 5.54. The summed E-state index contributed by atoms with van der Waals surface area (Å²) in [5, 5.41) is 0. The van der Waals surface area contributed by atoms with Crippen LogP contribution in [-0.2, 0) is 10.0 Å². The molecule has 0 atom stereocenters. The predicted molar refractivity (Wildman–Crippen MR) is 93.7 cm³/mol. The smallest absolute Gasteiger partial charge is 0.242 e. The Morgan fingerprint density at radius 3 is 2.25 bits per heavy atom. The van der Waals surface area contributed by atoms with E-state index in [0.717, 1.165) is 9.87 Å². The van der Waals surface area contributed by atoms with Crippen LogP contribution in [0.15, 0.2) is 59.5 Å². The zero-order chi connectivity index (χ0) is 17.7. The number of nitrogens with zero attached hydrogens (tertiary/aromatic N) is 1. The molecule has 6 heteroatoms. The summed E-state index contributed by atoms with van der Waals surface area (Å²) in [6.45, 7) is 0. The summed E-state index contributed by atoms with van der Waals surface area (Å²) in [4.78, 5) is 12.4. The maximum Gasteiger partial charge on any atom is 0.242 e. The molecule has 2 aromatic rings. The fourth-order valence-electron chi connectivity index (χ4n) is 2.07. The Bertz CT molecular complexity index is 853. The number of benzene rings is 2. The number of sulfonamides is 1. The minimum absolute atomic E-state index is 0.151. The fourth-order valence-corrected chi connectivity index (χ4v) is 2.97. The number of carbonyl (C=O) groups is 1. The molecule has 2 rings (SSSR count). The summed E-state index contributed by atoms with van der Waals surface area (Å²) in [7, 11) is 0.997. The molecule has 2 aromatic carbocycles. The molecule has 0 saturated carbocycles. The third-order valence-electron chi connectivity index (χ3n) is 3.47. The lowest BCUT2D eigenvalue weighted by Gasteiger charge is -2.11. The predicted octanol–water partition coefficient (Wildman–Crippen LogP) is 2.84. The van der Waals surface area contributed by atoms with Crippen molar-refractivity contribution in [1.82, 2.24) is 4.31 Å². The second-order valence-electron chi connectivity index (χ2n) is 5.25. The first-order valence-corrected chi connectivity index (χ1v) is 8.68. The van der Waals surface area contributed by atoms with Gasteiger partial charge in [0.2, 0.25) is 10.0 Å². The van der Waals surface area contributed by atoms with Gasteiger partial charge in [-0.05, 0) is 42.5 Å². The number of allylic oxidation sites excluding steroid dienone is 1. The first kappa shape index (κ1) is 17.9. The lowest BCUT2D eigenvalue weighted by atomic mass is 10.1. The molecule has 0 unspecified atom stereocenters. The highest BCUT2D eigenvalue weighted by Gasteiger charge is 2.17. The fraction of sp³-hybridized carbons (Fsp3) is 0.167. The maximum atomic E-state index is 12.2. The highest BCUT2D eigenvalue weighted by Crippen LogP contribution is 2.19. The number of hydrogen-bond donors (Lipinski definition) is 0. The van der Waals surface area contributed by atoms with Crippen molar-refractivity contribution in [1.29, 1.82) is 0 Å². The number of para-hydroxylation sites is 1. The number of ether oxygens (including phenoxy) is 1. The van der Waals surface area contributed by atoms with Crippen molar-refractivity contribution in [2.45, 2.75) is 4.90 Å². The first-order chi connectivity index (χ1) is 11.4. The van der Waals surface area contributed by atoms with Gasteiger partial charge < -0.3 is 4.74 Å². The van der Waals surface area contributed by atoms with Crippen molar-refractivity contribution in [3.63, 3.8) is 0 Å². The van der Waals surface area contributed by atoms with Crippen LogP contribution in [0.3, 0.4) is 0 Å². The van der Waals surface area contributed by atoms with Crippen molar-refractivity contribution in [2.24, 2.45) is 0 Å². The Morgan fingerprint density at radius 2 is 1.67 bits per heavy atom. The van der Waals surface area contributed by atoms with Crippen LogP contribution in [0.1, 0.15) is 15.9 Å². The van der Waals surface area contributed by atoms with Gasteiger partial charge in [0.15, 0.2) is 5.78 Å². The second kappa shape index (κ2) is 7.42. The molecule has 126 valence electrons. The van der Waals surface area contributed by atoms with Crippen LogP contribution in [0.25, 0.3) is 6.08 Å².